The van der Waals surface area contributed by atoms with Crippen LogP contribution in [0.25, 0.3) is 0 Å². The maximum Gasteiger partial charge on any atom is 0.338 e. The molecule has 0 amide bonds. The first kappa shape index (κ1) is 19.2. The van der Waals surface area contributed by atoms with Gasteiger partial charge in [-0.15, -0.1) is 0 Å². The quantitative estimate of drug-likeness (QED) is 0.332. The van der Waals surface area contributed by atoms with Gasteiger partial charge in [-0.05, 0) is 19.4 Å². The van der Waals surface area contributed by atoms with Crippen LogP contribution in [0, 0.1) is 10.1 Å². The Morgan fingerprint density at radius 2 is 1.92 bits per heavy atom. The van der Waals surface area contributed by atoms with Crippen molar-refractivity contribution in [2.24, 2.45) is 0 Å². The molecule has 0 radical (unpaired) electrons. The van der Waals surface area contributed by atoms with Gasteiger partial charge in [0, 0.05) is 12.1 Å². The molecule has 1 aliphatic heterocycles. The predicted molar refractivity (Wildman–Crippen MR) is 91.2 cm³/mol. The fraction of sp³-hybridized carbons (Fsp3) is 0.333. The van der Waals surface area contributed by atoms with E-state index < -0.39 is 28.9 Å². The standard InChI is InChI=1S/C18H19NO7/c1-5-25-18(21)14-11(3)26-16(10(2)17(20)24-4)15(14)12-6-8-13(9-7-12)19(22)23/h6-9,15-16H,2,5H2,1,3-4H3/t15-,16+/m0/s1. The summed E-state index contributed by atoms with van der Waals surface area (Å²) in [4.78, 5) is 34.7. The lowest BCUT2D eigenvalue weighted by Crippen LogP contribution is -2.26. The first-order valence-corrected chi connectivity index (χ1v) is 7.87. The topological polar surface area (TPSA) is 105 Å². The van der Waals surface area contributed by atoms with E-state index >= 15 is 0 Å². The van der Waals surface area contributed by atoms with Gasteiger partial charge in [0.15, 0.2) is 0 Å². The largest absolute Gasteiger partial charge is 0.489 e. The molecule has 1 heterocycles. The third-order valence-corrected chi connectivity index (χ3v) is 4.05. The van der Waals surface area contributed by atoms with Crippen LogP contribution >= 0.6 is 0 Å². The van der Waals surface area contributed by atoms with Crippen LogP contribution in [0.4, 0.5) is 5.69 Å². The van der Waals surface area contributed by atoms with E-state index in [0.717, 1.165) is 0 Å². The Hall–Kier alpha value is -3.16. The highest BCUT2D eigenvalue weighted by atomic mass is 16.6. The van der Waals surface area contributed by atoms with Crippen molar-refractivity contribution in [3.63, 3.8) is 0 Å². The highest BCUT2D eigenvalue weighted by molar-refractivity contribution is 5.94. The zero-order valence-electron chi connectivity index (χ0n) is 14.7. The van der Waals surface area contributed by atoms with Crippen molar-refractivity contribution in [1.29, 1.82) is 0 Å². The maximum atomic E-state index is 12.4. The summed E-state index contributed by atoms with van der Waals surface area (Å²) < 4.78 is 15.5. The van der Waals surface area contributed by atoms with Gasteiger partial charge in [-0.3, -0.25) is 10.1 Å². The van der Waals surface area contributed by atoms with Crippen molar-refractivity contribution in [1.82, 2.24) is 0 Å². The van der Waals surface area contributed by atoms with E-state index in [4.69, 9.17) is 14.2 Å². The highest BCUT2D eigenvalue weighted by Gasteiger charge is 2.43. The number of ether oxygens (including phenoxy) is 3. The summed E-state index contributed by atoms with van der Waals surface area (Å²) >= 11 is 0. The van der Waals surface area contributed by atoms with Gasteiger partial charge in [0.2, 0.25) is 0 Å². The summed E-state index contributed by atoms with van der Waals surface area (Å²) in [5, 5.41) is 10.9. The van der Waals surface area contributed by atoms with E-state index in [-0.39, 0.29) is 23.4 Å². The Balaban J connectivity index is 2.49. The van der Waals surface area contributed by atoms with Crippen molar-refractivity contribution in [2.45, 2.75) is 25.9 Å². The van der Waals surface area contributed by atoms with Crippen LogP contribution in [0.2, 0.25) is 0 Å². The van der Waals surface area contributed by atoms with Gasteiger partial charge < -0.3 is 14.2 Å². The van der Waals surface area contributed by atoms with Gasteiger partial charge >= 0.3 is 11.9 Å². The van der Waals surface area contributed by atoms with Crippen molar-refractivity contribution in [3.8, 4) is 0 Å². The molecule has 0 spiro atoms. The Morgan fingerprint density at radius 3 is 2.42 bits per heavy atom. The number of nitro benzene ring substituents is 1. The Kier molecular flexibility index (Phi) is 5.76. The smallest absolute Gasteiger partial charge is 0.338 e. The van der Waals surface area contributed by atoms with Crippen LogP contribution < -0.4 is 0 Å². The van der Waals surface area contributed by atoms with E-state index in [0.29, 0.717) is 11.3 Å². The lowest BCUT2D eigenvalue weighted by atomic mass is 9.84. The molecule has 0 aliphatic carbocycles. The number of hydrogen-bond acceptors (Lipinski definition) is 7. The minimum atomic E-state index is -0.872. The normalized spacial score (nSPS) is 18.9. The molecule has 2 atom stereocenters. The fourth-order valence-corrected chi connectivity index (χ4v) is 2.84. The summed E-state index contributed by atoms with van der Waals surface area (Å²) in [5.41, 5.74) is 0.755. The lowest BCUT2D eigenvalue weighted by Gasteiger charge is -2.22. The molecule has 1 aromatic carbocycles. The Labute approximate surface area is 150 Å². The number of esters is 2. The molecule has 0 aromatic heterocycles. The average Bonchev–Trinajstić information content (AvgIpc) is 2.97. The van der Waals surface area contributed by atoms with Crippen LogP contribution in [-0.4, -0.2) is 36.7 Å². The third kappa shape index (κ3) is 3.58. The molecular weight excluding hydrogens is 342 g/mol. The molecule has 26 heavy (non-hydrogen) atoms. The first-order chi connectivity index (χ1) is 12.3. The molecule has 1 aliphatic rings. The van der Waals surface area contributed by atoms with Gasteiger partial charge in [0.25, 0.3) is 5.69 Å². The number of benzene rings is 1. The third-order valence-electron chi connectivity index (χ3n) is 4.05. The fourth-order valence-electron chi connectivity index (χ4n) is 2.84. The molecule has 1 aromatic rings. The minimum absolute atomic E-state index is 0.0366. The maximum absolute atomic E-state index is 12.4. The van der Waals surface area contributed by atoms with Crippen LogP contribution in [0.15, 0.2) is 47.7 Å². The van der Waals surface area contributed by atoms with E-state index in [1.54, 1.807) is 13.8 Å². The molecular formula is C18H19NO7. The van der Waals surface area contributed by atoms with Crippen LogP contribution in [0.5, 0.6) is 0 Å². The second kappa shape index (κ2) is 7.81. The van der Waals surface area contributed by atoms with Crippen molar-refractivity contribution in [3.05, 3.63) is 63.4 Å². The molecule has 2 rings (SSSR count). The second-order valence-corrected chi connectivity index (χ2v) is 5.57. The predicted octanol–water partition coefficient (Wildman–Crippen LogP) is 2.64. The van der Waals surface area contributed by atoms with Gasteiger partial charge in [0.1, 0.15) is 11.9 Å². The number of rotatable bonds is 6. The lowest BCUT2D eigenvalue weighted by molar-refractivity contribution is -0.384. The van der Waals surface area contributed by atoms with Gasteiger partial charge in [-0.2, -0.15) is 0 Å². The van der Waals surface area contributed by atoms with E-state index in [2.05, 4.69) is 6.58 Å². The molecule has 0 N–H and O–H groups in total. The summed E-state index contributed by atoms with van der Waals surface area (Å²) in [6, 6.07) is 5.68. The molecule has 138 valence electrons. The number of nitrogens with zero attached hydrogens (tertiary/aromatic N) is 1. The zero-order valence-corrected chi connectivity index (χ0v) is 14.7. The monoisotopic (exact) mass is 361 g/mol. The summed E-state index contributed by atoms with van der Waals surface area (Å²) in [6.07, 6.45) is -0.872. The molecule has 0 unspecified atom stereocenters. The van der Waals surface area contributed by atoms with Gasteiger partial charge in [-0.1, -0.05) is 18.7 Å². The number of nitro groups is 1. The molecule has 8 heteroatoms. The van der Waals surface area contributed by atoms with Crippen LogP contribution in [-0.2, 0) is 23.8 Å². The van der Waals surface area contributed by atoms with E-state index in [1.165, 1.54) is 31.4 Å². The van der Waals surface area contributed by atoms with Crippen LogP contribution in [0.3, 0.4) is 0 Å². The SMILES string of the molecule is C=C(C(=O)OC)[C@H]1OC(C)=C(C(=O)OCC)[C@@H]1c1ccc([N+](=O)[O-])cc1. The minimum Gasteiger partial charge on any atom is -0.489 e. The molecule has 0 fully saturated rings. The Bertz CT molecular complexity index is 779. The average molecular weight is 361 g/mol. The van der Waals surface area contributed by atoms with E-state index in [9.17, 15) is 19.7 Å². The molecule has 8 nitrogen and oxygen atoms in total. The second-order valence-electron chi connectivity index (χ2n) is 5.57. The summed E-state index contributed by atoms with van der Waals surface area (Å²) in [5.74, 6) is -1.63. The van der Waals surface area contributed by atoms with E-state index in [1.807, 2.05) is 0 Å². The number of hydrogen-bond donors (Lipinski definition) is 0. The van der Waals surface area contributed by atoms with Crippen LogP contribution in [0.1, 0.15) is 25.3 Å². The highest BCUT2D eigenvalue weighted by Crippen LogP contribution is 2.42. The summed E-state index contributed by atoms with van der Waals surface area (Å²) in [7, 11) is 1.22. The number of non-ortho nitro benzene ring substituents is 1. The molecule has 0 bridgehead atoms. The number of carbonyl (C=O) groups excluding carboxylic acids is 2. The summed E-state index contributed by atoms with van der Waals surface area (Å²) in [6.45, 7) is 7.16. The van der Waals surface area contributed by atoms with Crippen molar-refractivity contribution in [2.75, 3.05) is 13.7 Å². The first-order valence-electron chi connectivity index (χ1n) is 7.87. The number of allylic oxidation sites excluding steroid dienone is 1. The van der Waals surface area contributed by atoms with Gasteiger partial charge in [-0.25, -0.2) is 9.59 Å². The van der Waals surface area contributed by atoms with Gasteiger partial charge in [0.05, 0.1) is 35.7 Å². The van der Waals surface area contributed by atoms with Crippen molar-refractivity contribution < 1.29 is 28.7 Å². The van der Waals surface area contributed by atoms with Crippen molar-refractivity contribution >= 4 is 17.6 Å². The molecule has 0 saturated carbocycles. The number of methoxy groups -OCH3 is 1. The molecule has 0 saturated heterocycles. The number of carbonyl (C=O) groups is 2. The Morgan fingerprint density at radius 1 is 1.31 bits per heavy atom. The zero-order chi connectivity index (χ0) is 19.4.